The Kier molecular flexibility index (Phi) is 2.54. The summed E-state index contributed by atoms with van der Waals surface area (Å²) in [5.41, 5.74) is 1.74. The van der Waals surface area contributed by atoms with Crippen molar-refractivity contribution < 1.29 is 9.18 Å². The van der Waals surface area contributed by atoms with Crippen LogP contribution in [0.4, 0.5) is 10.1 Å². The van der Waals surface area contributed by atoms with Gasteiger partial charge in [0.2, 0.25) is 0 Å². The van der Waals surface area contributed by atoms with Crippen LogP contribution in [0.1, 0.15) is 12.5 Å². The van der Waals surface area contributed by atoms with Crippen LogP contribution in [-0.2, 0) is 11.2 Å². The third-order valence-electron chi connectivity index (χ3n) is 2.51. The van der Waals surface area contributed by atoms with Gasteiger partial charge in [-0.05, 0) is 43.2 Å². The van der Waals surface area contributed by atoms with Crippen molar-refractivity contribution in [3.05, 3.63) is 41.7 Å². The number of fused-ring (bicyclic) bond motifs is 1. The second kappa shape index (κ2) is 3.85. The Hall–Kier alpha value is -1.64. The molecule has 1 aliphatic rings. The summed E-state index contributed by atoms with van der Waals surface area (Å²) in [5, 5.41) is 0. The average Bonchev–Trinajstić information content (AvgIpc) is 2.60. The maximum absolute atomic E-state index is 12.9. The minimum Gasteiger partial charge on any atom is -0.308 e. The van der Waals surface area contributed by atoms with E-state index in [1.165, 1.54) is 18.2 Å². The first-order valence-electron chi connectivity index (χ1n) is 4.95. The molecule has 2 nitrogen and oxygen atoms in total. The molecular weight excluding hydrogens is 193 g/mol. The number of allylic oxidation sites excluding steroid dienone is 1. The molecule has 0 radical (unpaired) electrons. The first-order valence-corrected chi connectivity index (χ1v) is 4.95. The number of benzene rings is 1. The Morgan fingerprint density at radius 3 is 3.07 bits per heavy atom. The average molecular weight is 205 g/mol. The number of carbonyl (C=O) groups excluding carboxylic acids is 1. The molecule has 2 rings (SSSR count). The lowest BCUT2D eigenvalue weighted by atomic mass is 10.2. The van der Waals surface area contributed by atoms with Crippen LogP contribution in [0.2, 0.25) is 0 Å². The zero-order valence-electron chi connectivity index (χ0n) is 8.53. The number of hydrogen-bond donors (Lipinski definition) is 0. The van der Waals surface area contributed by atoms with E-state index >= 15 is 0 Å². The minimum atomic E-state index is -0.242. The van der Waals surface area contributed by atoms with Crippen molar-refractivity contribution in [1.29, 1.82) is 0 Å². The lowest BCUT2D eigenvalue weighted by molar-refractivity contribution is -0.114. The zero-order valence-corrected chi connectivity index (χ0v) is 8.53. The first-order chi connectivity index (χ1) is 7.22. The largest absolute Gasteiger partial charge is 0.308 e. The normalized spacial score (nSPS) is 14.7. The van der Waals surface area contributed by atoms with Gasteiger partial charge in [0.15, 0.2) is 0 Å². The van der Waals surface area contributed by atoms with E-state index in [1.807, 2.05) is 0 Å². The fourth-order valence-electron chi connectivity index (χ4n) is 1.83. The van der Waals surface area contributed by atoms with Gasteiger partial charge in [0.1, 0.15) is 5.82 Å². The summed E-state index contributed by atoms with van der Waals surface area (Å²) >= 11 is 0. The van der Waals surface area contributed by atoms with E-state index in [9.17, 15) is 9.18 Å². The Morgan fingerprint density at radius 2 is 2.33 bits per heavy atom. The van der Waals surface area contributed by atoms with Crippen LogP contribution in [-0.4, -0.2) is 12.5 Å². The molecular formula is C12H12FNO. The summed E-state index contributed by atoms with van der Waals surface area (Å²) in [4.78, 5) is 13.3. The van der Waals surface area contributed by atoms with E-state index in [0.29, 0.717) is 6.54 Å². The highest BCUT2D eigenvalue weighted by atomic mass is 19.1. The van der Waals surface area contributed by atoms with E-state index in [4.69, 9.17) is 0 Å². The second-order valence-electron chi connectivity index (χ2n) is 3.51. The van der Waals surface area contributed by atoms with Crippen molar-refractivity contribution in [2.75, 3.05) is 11.4 Å². The molecule has 0 N–H and O–H groups in total. The van der Waals surface area contributed by atoms with E-state index in [1.54, 1.807) is 24.0 Å². The fourth-order valence-corrected chi connectivity index (χ4v) is 1.83. The number of halogens is 1. The molecule has 0 spiro atoms. The third kappa shape index (κ3) is 1.77. The molecule has 0 fully saturated rings. The Morgan fingerprint density at radius 1 is 1.53 bits per heavy atom. The van der Waals surface area contributed by atoms with E-state index in [0.717, 1.165) is 17.7 Å². The molecule has 0 saturated heterocycles. The van der Waals surface area contributed by atoms with Gasteiger partial charge in [-0.2, -0.15) is 0 Å². The summed E-state index contributed by atoms with van der Waals surface area (Å²) < 4.78 is 12.9. The van der Waals surface area contributed by atoms with Crippen molar-refractivity contribution in [2.24, 2.45) is 0 Å². The van der Waals surface area contributed by atoms with Gasteiger partial charge >= 0.3 is 0 Å². The number of carbonyl (C=O) groups is 1. The van der Waals surface area contributed by atoms with Crippen molar-refractivity contribution in [2.45, 2.75) is 13.3 Å². The minimum absolute atomic E-state index is 0.0390. The number of rotatable bonds is 1. The van der Waals surface area contributed by atoms with Crippen molar-refractivity contribution in [3.63, 3.8) is 0 Å². The van der Waals surface area contributed by atoms with Crippen molar-refractivity contribution >= 4 is 11.6 Å². The SMILES string of the molecule is CC=CC(=O)N1CCc2cc(F)ccc21. The number of amides is 1. The monoisotopic (exact) mass is 205 g/mol. The lowest BCUT2D eigenvalue weighted by Gasteiger charge is -2.14. The lowest BCUT2D eigenvalue weighted by Crippen LogP contribution is -2.26. The van der Waals surface area contributed by atoms with Gasteiger partial charge in [0, 0.05) is 12.2 Å². The Labute approximate surface area is 88.0 Å². The molecule has 3 heteroatoms. The quantitative estimate of drug-likeness (QED) is 0.644. The molecule has 0 unspecified atom stereocenters. The van der Waals surface area contributed by atoms with Crippen LogP contribution >= 0.6 is 0 Å². The molecule has 1 aromatic carbocycles. The first kappa shape index (κ1) is 9.90. The molecule has 78 valence electrons. The van der Waals surface area contributed by atoms with Gasteiger partial charge in [-0.3, -0.25) is 4.79 Å². The van der Waals surface area contributed by atoms with Gasteiger partial charge < -0.3 is 4.90 Å². The highest BCUT2D eigenvalue weighted by Gasteiger charge is 2.22. The molecule has 0 saturated carbocycles. The van der Waals surface area contributed by atoms with Gasteiger partial charge in [0.25, 0.3) is 5.91 Å². The van der Waals surface area contributed by atoms with Gasteiger partial charge in [-0.25, -0.2) is 4.39 Å². The molecule has 0 aliphatic carbocycles. The van der Waals surface area contributed by atoms with Gasteiger partial charge in [-0.1, -0.05) is 6.08 Å². The van der Waals surface area contributed by atoms with Crippen LogP contribution in [0, 0.1) is 5.82 Å². The van der Waals surface area contributed by atoms with E-state index in [2.05, 4.69) is 0 Å². The van der Waals surface area contributed by atoms with Crippen LogP contribution in [0.5, 0.6) is 0 Å². The molecule has 0 bridgehead atoms. The standard InChI is InChI=1S/C12H12FNO/c1-2-3-12(15)14-7-6-9-8-10(13)4-5-11(9)14/h2-5,8H,6-7H2,1H3. The van der Waals surface area contributed by atoms with Crippen LogP contribution in [0.3, 0.4) is 0 Å². The van der Waals surface area contributed by atoms with Crippen molar-refractivity contribution in [1.82, 2.24) is 0 Å². The zero-order chi connectivity index (χ0) is 10.8. The highest BCUT2D eigenvalue weighted by Crippen LogP contribution is 2.28. The van der Waals surface area contributed by atoms with Crippen LogP contribution in [0.15, 0.2) is 30.4 Å². The van der Waals surface area contributed by atoms with Crippen LogP contribution in [0.25, 0.3) is 0 Å². The summed E-state index contributed by atoms with van der Waals surface area (Å²) in [5.74, 6) is -0.281. The molecule has 1 aliphatic heterocycles. The highest BCUT2D eigenvalue weighted by molar-refractivity contribution is 6.02. The maximum atomic E-state index is 12.9. The smallest absolute Gasteiger partial charge is 0.250 e. The number of nitrogens with zero attached hydrogens (tertiary/aromatic N) is 1. The second-order valence-corrected chi connectivity index (χ2v) is 3.51. The molecule has 0 aromatic heterocycles. The fraction of sp³-hybridized carbons (Fsp3) is 0.250. The molecule has 1 amide bonds. The van der Waals surface area contributed by atoms with E-state index < -0.39 is 0 Å². The summed E-state index contributed by atoms with van der Waals surface area (Å²) in [7, 11) is 0. The predicted molar refractivity (Wildman–Crippen MR) is 57.3 cm³/mol. The number of hydrogen-bond acceptors (Lipinski definition) is 1. The van der Waals surface area contributed by atoms with Gasteiger partial charge in [0.05, 0.1) is 0 Å². The third-order valence-corrected chi connectivity index (χ3v) is 2.51. The maximum Gasteiger partial charge on any atom is 0.250 e. The van der Waals surface area contributed by atoms with Crippen LogP contribution < -0.4 is 4.90 Å². The van der Waals surface area contributed by atoms with Crippen molar-refractivity contribution in [3.8, 4) is 0 Å². The van der Waals surface area contributed by atoms with Gasteiger partial charge in [-0.15, -0.1) is 0 Å². The Balaban J connectivity index is 2.32. The number of anilines is 1. The summed E-state index contributed by atoms with van der Waals surface area (Å²) in [6.07, 6.45) is 3.97. The Bertz CT molecular complexity index is 426. The molecule has 1 aromatic rings. The molecule has 15 heavy (non-hydrogen) atoms. The summed E-state index contributed by atoms with van der Waals surface area (Å²) in [6.45, 7) is 2.45. The topological polar surface area (TPSA) is 20.3 Å². The molecule has 0 atom stereocenters. The van der Waals surface area contributed by atoms with E-state index in [-0.39, 0.29) is 11.7 Å². The molecule has 1 heterocycles. The summed E-state index contributed by atoms with van der Waals surface area (Å²) in [6, 6.07) is 4.55. The predicted octanol–water partition coefficient (Wildman–Crippen LogP) is 2.29.